The molecule has 4 heterocycles. The van der Waals surface area contributed by atoms with Gasteiger partial charge in [-0.05, 0) is 87.9 Å². The minimum Gasteiger partial charge on any atom is -0.397 e. The Morgan fingerprint density at radius 3 is 2.34 bits per heavy atom. The molecule has 0 bridgehead atoms. The predicted octanol–water partition coefficient (Wildman–Crippen LogP) is 4.05. The van der Waals surface area contributed by atoms with Crippen LogP contribution in [0.5, 0.6) is 0 Å². The lowest BCUT2D eigenvalue weighted by atomic mass is 9.91. The Morgan fingerprint density at radius 2 is 1.64 bits per heavy atom. The van der Waals surface area contributed by atoms with Crippen LogP contribution in [0.15, 0.2) is 41.2 Å². The van der Waals surface area contributed by atoms with Crippen molar-refractivity contribution in [1.82, 2.24) is 24.3 Å². The smallest absolute Gasteiger partial charge is 0.326 e. The van der Waals surface area contributed by atoms with Crippen molar-refractivity contribution in [3.05, 3.63) is 63.0 Å². The van der Waals surface area contributed by atoms with E-state index in [1.54, 1.807) is 12.1 Å². The summed E-state index contributed by atoms with van der Waals surface area (Å²) in [6.07, 6.45) is 11.9. The van der Waals surface area contributed by atoms with Crippen LogP contribution < -0.4 is 11.4 Å². The van der Waals surface area contributed by atoms with E-state index < -0.39 is 5.92 Å². The highest BCUT2D eigenvalue weighted by atomic mass is 35.5. The Bertz CT molecular complexity index is 1620. The molecule has 9 nitrogen and oxygen atoms in total. The Labute approximate surface area is 263 Å². The number of aromatic amines is 1. The molecule has 3 aliphatic rings. The van der Waals surface area contributed by atoms with Gasteiger partial charge in [0.15, 0.2) is 0 Å². The number of carbonyl (C=O) groups excluding carboxylic acids is 2. The maximum atomic E-state index is 14.0. The van der Waals surface area contributed by atoms with E-state index in [0.717, 1.165) is 42.5 Å². The monoisotopic (exact) mass is 616 g/mol. The number of anilines is 1. The Morgan fingerprint density at radius 1 is 0.977 bits per heavy atom. The van der Waals surface area contributed by atoms with Crippen molar-refractivity contribution in [2.75, 3.05) is 45.0 Å². The molecule has 3 fully saturated rings. The number of H-pyrrole nitrogens is 1. The topological polar surface area (TPSA) is 108 Å². The number of aromatic nitrogens is 2. The largest absolute Gasteiger partial charge is 0.397 e. The lowest BCUT2D eigenvalue weighted by Crippen LogP contribution is -2.48. The van der Waals surface area contributed by atoms with Gasteiger partial charge in [0.25, 0.3) is 0 Å². The fraction of sp³-hybridized carbons (Fsp3) is 0.500. The van der Waals surface area contributed by atoms with Crippen LogP contribution in [0, 0.1) is 18.3 Å². The minimum atomic E-state index is -0.537. The van der Waals surface area contributed by atoms with Gasteiger partial charge in [0.2, 0.25) is 11.8 Å². The molecular formula is C34H41ClN6O3. The summed E-state index contributed by atoms with van der Waals surface area (Å²) in [7, 11) is 0. The number of hydrogen-bond acceptors (Lipinski definition) is 5. The van der Waals surface area contributed by atoms with Crippen molar-refractivity contribution in [2.24, 2.45) is 5.92 Å². The third kappa shape index (κ3) is 6.24. The number of terminal acetylenes is 1. The summed E-state index contributed by atoms with van der Waals surface area (Å²) in [5.74, 6) is 2.01. The minimum absolute atomic E-state index is 0.00802. The highest BCUT2D eigenvalue weighted by molar-refractivity contribution is 6.33. The van der Waals surface area contributed by atoms with Crippen LogP contribution in [-0.4, -0.2) is 81.4 Å². The van der Waals surface area contributed by atoms with Crippen molar-refractivity contribution >= 4 is 40.1 Å². The quantitative estimate of drug-likeness (QED) is 0.308. The van der Waals surface area contributed by atoms with Gasteiger partial charge >= 0.3 is 5.69 Å². The number of piperidine rings is 2. The van der Waals surface area contributed by atoms with E-state index in [1.807, 2.05) is 38.6 Å². The number of fused-ring (bicyclic) bond motifs is 1. The van der Waals surface area contributed by atoms with E-state index >= 15 is 0 Å². The van der Waals surface area contributed by atoms with Gasteiger partial charge in [-0.1, -0.05) is 29.7 Å². The number of nitrogens with one attached hydrogen (secondary N) is 1. The molecule has 0 unspecified atom stereocenters. The maximum Gasteiger partial charge on any atom is 0.326 e. The first kappa shape index (κ1) is 30.3. The van der Waals surface area contributed by atoms with Crippen LogP contribution in [0.4, 0.5) is 5.69 Å². The number of nitrogens with two attached hydrogens (primary N) is 1. The standard InChI is InChI=1S/C34H41ClN6O3/c1-2-24-19-23(21-28(35)32(24)36)20-25(33(43)40-17-9-26(10-18-40)38-13-5-6-14-38)22-31(42)39-15-11-27(12-16-39)41-30-8-4-3-7-29(30)37-34(41)44/h1,3-4,7-8,19,21,25-27H,5-6,9-18,20,22,36H2,(H,37,44)/t25-/m0/s1. The van der Waals surface area contributed by atoms with Gasteiger partial charge in [-0.2, -0.15) is 0 Å². The normalized spacial score (nSPS) is 19.4. The SMILES string of the molecule is C#Cc1cc(C[C@@H](CC(=O)N2CCC(n3c(=O)[nH]c4ccccc43)CC2)C(=O)N2CCC(N3CCCC3)CC2)cc(Cl)c1N. The van der Waals surface area contributed by atoms with Crippen molar-refractivity contribution in [3.8, 4) is 12.3 Å². The number of nitrogens with zero attached hydrogens (tertiary/aromatic N) is 4. The molecule has 10 heteroatoms. The van der Waals surface area contributed by atoms with Crippen LogP contribution in [0.1, 0.15) is 62.1 Å². The molecule has 1 aromatic heterocycles. The van der Waals surface area contributed by atoms with E-state index in [0.29, 0.717) is 67.8 Å². The van der Waals surface area contributed by atoms with Gasteiger partial charge in [0, 0.05) is 50.2 Å². The molecule has 44 heavy (non-hydrogen) atoms. The summed E-state index contributed by atoms with van der Waals surface area (Å²) in [5.41, 5.74) is 9.28. The fourth-order valence-corrected chi connectivity index (χ4v) is 7.65. The number of hydrogen-bond donors (Lipinski definition) is 2. The molecular weight excluding hydrogens is 576 g/mol. The zero-order valence-corrected chi connectivity index (χ0v) is 25.9. The molecule has 0 spiro atoms. The molecule has 3 N–H and O–H groups in total. The summed E-state index contributed by atoms with van der Waals surface area (Å²) < 4.78 is 1.82. The van der Waals surface area contributed by atoms with E-state index in [4.69, 9.17) is 23.8 Å². The van der Waals surface area contributed by atoms with Crippen LogP contribution in [0.2, 0.25) is 5.02 Å². The molecule has 3 aliphatic heterocycles. The van der Waals surface area contributed by atoms with Gasteiger partial charge in [-0.15, -0.1) is 6.42 Å². The first-order valence-electron chi connectivity index (χ1n) is 15.9. The fourth-order valence-electron chi connectivity index (χ4n) is 7.41. The average Bonchev–Trinajstić information content (AvgIpc) is 3.70. The molecule has 1 atom stereocenters. The highest BCUT2D eigenvalue weighted by Crippen LogP contribution is 2.30. The number of halogens is 1. The first-order valence-corrected chi connectivity index (χ1v) is 16.2. The summed E-state index contributed by atoms with van der Waals surface area (Å²) in [5, 5.41) is 0.356. The Kier molecular flexibility index (Phi) is 9.01. The summed E-state index contributed by atoms with van der Waals surface area (Å²) in [6, 6.07) is 11.8. The van der Waals surface area contributed by atoms with Crippen molar-refractivity contribution in [3.63, 3.8) is 0 Å². The summed E-state index contributed by atoms with van der Waals surface area (Å²) in [6.45, 7) is 4.77. The van der Waals surface area contributed by atoms with Crippen molar-refractivity contribution in [2.45, 2.75) is 63.5 Å². The van der Waals surface area contributed by atoms with E-state index in [2.05, 4.69) is 15.8 Å². The molecule has 0 radical (unpaired) electrons. The third-order valence-electron chi connectivity index (χ3n) is 9.84. The lowest BCUT2D eigenvalue weighted by Gasteiger charge is -2.38. The third-order valence-corrected chi connectivity index (χ3v) is 10.1. The molecule has 2 amide bonds. The molecule has 232 valence electrons. The molecule has 2 aromatic carbocycles. The van der Waals surface area contributed by atoms with Crippen LogP contribution >= 0.6 is 11.6 Å². The van der Waals surface area contributed by atoms with E-state index in [9.17, 15) is 14.4 Å². The number of benzene rings is 2. The average molecular weight is 617 g/mol. The molecule has 3 saturated heterocycles. The lowest BCUT2D eigenvalue weighted by molar-refractivity contribution is -0.143. The second-order valence-corrected chi connectivity index (χ2v) is 12.9. The number of likely N-dealkylation sites (tertiary alicyclic amines) is 3. The van der Waals surface area contributed by atoms with Gasteiger partial charge in [0.05, 0.1) is 27.7 Å². The number of carbonyl (C=O) groups is 2. The number of rotatable bonds is 7. The van der Waals surface area contributed by atoms with E-state index in [-0.39, 0.29) is 30.0 Å². The second kappa shape index (κ2) is 13.1. The zero-order chi connectivity index (χ0) is 30.8. The van der Waals surface area contributed by atoms with Crippen molar-refractivity contribution < 1.29 is 9.59 Å². The van der Waals surface area contributed by atoms with Crippen LogP contribution in [-0.2, 0) is 16.0 Å². The first-order chi connectivity index (χ1) is 21.3. The number of para-hydroxylation sites is 2. The Hall–Kier alpha value is -3.74. The van der Waals surface area contributed by atoms with E-state index in [1.165, 1.54) is 12.8 Å². The highest BCUT2D eigenvalue weighted by Gasteiger charge is 2.34. The van der Waals surface area contributed by atoms with Gasteiger partial charge in [0.1, 0.15) is 0 Å². The number of amides is 2. The second-order valence-electron chi connectivity index (χ2n) is 12.5. The predicted molar refractivity (Wildman–Crippen MR) is 173 cm³/mol. The number of nitrogen functional groups attached to an aromatic ring is 1. The molecule has 6 rings (SSSR count). The molecule has 0 saturated carbocycles. The maximum absolute atomic E-state index is 14.0. The van der Waals surface area contributed by atoms with Gasteiger partial charge in [-0.25, -0.2) is 4.79 Å². The summed E-state index contributed by atoms with van der Waals surface area (Å²) >= 11 is 6.40. The number of imidazole rings is 1. The molecule has 3 aromatic rings. The van der Waals surface area contributed by atoms with Crippen LogP contribution in [0.25, 0.3) is 11.0 Å². The Balaban J connectivity index is 1.15. The van der Waals surface area contributed by atoms with Crippen molar-refractivity contribution in [1.29, 1.82) is 0 Å². The van der Waals surface area contributed by atoms with Crippen LogP contribution in [0.3, 0.4) is 0 Å². The molecule has 0 aliphatic carbocycles. The van der Waals surface area contributed by atoms with Gasteiger partial charge < -0.3 is 25.4 Å². The zero-order valence-electron chi connectivity index (χ0n) is 25.1. The summed E-state index contributed by atoms with van der Waals surface area (Å²) in [4.78, 5) is 49.8. The van der Waals surface area contributed by atoms with Gasteiger partial charge in [-0.3, -0.25) is 14.2 Å².